The van der Waals surface area contributed by atoms with Gasteiger partial charge in [0.15, 0.2) is 0 Å². The van der Waals surface area contributed by atoms with Crippen LogP contribution in [0, 0.1) is 0 Å². The van der Waals surface area contributed by atoms with E-state index in [2.05, 4.69) is 5.32 Å². The fourth-order valence-corrected chi connectivity index (χ4v) is 3.20. The topological polar surface area (TPSA) is 29.1 Å². The monoisotopic (exact) mass is 295 g/mol. The highest BCUT2D eigenvalue weighted by Gasteiger charge is 2.01. The molecule has 1 fully saturated rings. The van der Waals surface area contributed by atoms with Gasteiger partial charge in [-0.1, -0.05) is 89.9 Å². The van der Waals surface area contributed by atoms with E-state index in [0.29, 0.717) is 0 Å². The Hall–Kier alpha value is -0.530. The van der Waals surface area contributed by atoms with Gasteiger partial charge in [-0.3, -0.25) is 4.79 Å². The molecule has 1 N–H and O–H groups in total. The van der Waals surface area contributed by atoms with Crippen molar-refractivity contribution in [2.75, 3.05) is 6.54 Å². The number of carbonyl (C=O) groups is 1. The highest BCUT2D eigenvalue weighted by Crippen LogP contribution is 2.14. The van der Waals surface area contributed by atoms with E-state index >= 15 is 0 Å². The van der Waals surface area contributed by atoms with Gasteiger partial charge in [0.1, 0.15) is 0 Å². The summed E-state index contributed by atoms with van der Waals surface area (Å²) in [5.41, 5.74) is 0. The minimum absolute atomic E-state index is 0.268. The van der Waals surface area contributed by atoms with Gasteiger partial charge in [0, 0.05) is 13.0 Å². The summed E-state index contributed by atoms with van der Waals surface area (Å²) >= 11 is 0. The van der Waals surface area contributed by atoms with E-state index in [1.165, 1.54) is 89.9 Å². The van der Waals surface area contributed by atoms with Gasteiger partial charge in [0.2, 0.25) is 5.91 Å². The molecule has 2 nitrogen and oxygen atoms in total. The van der Waals surface area contributed by atoms with Crippen molar-refractivity contribution in [1.29, 1.82) is 0 Å². The average molecular weight is 296 g/mol. The zero-order valence-electron chi connectivity index (χ0n) is 14.1. The first kappa shape index (κ1) is 18.5. The van der Waals surface area contributed by atoms with E-state index < -0.39 is 0 Å². The molecule has 21 heavy (non-hydrogen) atoms. The number of rotatable bonds is 0. The van der Waals surface area contributed by atoms with E-state index in [1.54, 1.807) is 0 Å². The Morgan fingerprint density at radius 3 is 1.24 bits per heavy atom. The van der Waals surface area contributed by atoms with Crippen LogP contribution < -0.4 is 5.32 Å². The predicted octanol–water partition coefficient (Wildman–Crippen LogP) is 5.75. The fraction of sp³-hybridized carbons (Fsp3) is 0.947. The summed E-state index contributed by atoms with van der Waals surface area (Å²) < 4.78 is 0. The molecule has 124 valence electrons. The van der Waals surface area contributed by atoms with Crippen molar-refractivity contribution in [2.24, 2.45) is 0 Å². The third kappa shape index (κ3) is 12.9. The highest BCUT2D eigenvalue weighted by atomic mass is 16.1. The Kier molecular flexibility index (Phi) is 12.7. The lowest BCUT2D eigenvalue weighted by molar-refractivity contribution is -0.121. The number of hydrogen-bond donors (Lipinski definition) is 1. The maximum Gasteiger partial charge on any atom is 0.219 e. The van der Waals surface area contributed by atoms with Crippen LogP contribution in [0.4, 0.5) is 0 Å². The molecule has 1 saturated heterocycles. The maximum absolute atomic E-state index is 11.6. The van der Waals surface area contributed by atoms with Crippen molar-refractivity contribution in [3.63, 3.8) is 0 Å². The third-order valence-corrected chi connectivity index (χ3v) is 4.65. The van der Waals surface area contributed by atoms with E-state index in [0.717, 1.165) is 25.8 Å². The zero-order chi connectivity index (χ0) is 15.0. The van der Waals surface area contributed by atoms with Crippen molar-refractivity contribution in [3.05, 3.63) is 0 Å². The van der Waals surface area contributed by atoms with Crippen LogP contribution in [0.15, 0.2) is 0 Å². The van der Waals surface area contributed by atoms with Gasteiger partial charge in [-0.05, 0) is 12.8 Å². The fourth-order valence-electron chi connectivity index (χ4n) is 3.20. The zero-order valence-corrected chi connectivity index (χ0v) is 14.1. The van der Waals surface area contributed by atoms with Crippen LogP contribution in [-0.4, -0.2) is 12.5 Å². The quantitative estimate of drug-likeness (QED) is 0.606. The van der Waals surface area contributed by atoms with Crippen LogP contribution in [0.3, 0.4) is 0 Å². The Labute approximate surface area is 132 Å². The molecule has 0 atom stereocenters. The first-order valence-electron chi connectivity index (χ1n) is 9.66. The summed E-state index contributed by atoms with van der Waals surface area (Å²) in [7, 11) is 0. The molecular weight excluding hydrogens is 258 g/mol. The highest BCUT2D eigenvalue weighted by molar-refractivity contribution is 5.75. The molecule has 1 rings (SSSR count). The second kappa shape index (κ2) is 14.4. The standard InChI is InChI=1S/C19H37NO/c21-19-17-15-13-11-9-7-5-3-1-2-4-6-8-10-12-14-16-18-20-19/h1-18H2,(H,20,21). The molecule has 0 aromatic heterocycles. The van der Waals surface area contributed by atoms with E-state index in [-0.39, 0.29) is 5.91 Å². The van der Waals surface area contributed by atoms with Crippen LogP contribution in [0.2, 0.25) is 0 Å². The molecule has 0 spiro atoms. The number of amides is 1. The van der Waals surface area contributed by atoms with E-state index in [1.807, 2.05) is 0 Å². The second-order valence-electron chi connectivity index (χ2n) is 6.76. The van der Waals surface area contributed by atoms with E-state index in [4.69, 9.17) is 0 Å². The average Bonchev–Trinajstić information content (AvgIpc) is 2.48. The molecule has 0 saturated carbocycles. The Morgan fingerprint density at radius 2 is 0.810 bits per heavy atom. The molecule has 0 aliphatic carbocycles. The van der Waals surface area contributed by atoms with Crippen LogP contribution in [0.25, 0.3) is 0 Å². The Bertz CT molecular complexity index is 218. The van der Waals surface area contributed by atoms with Gasteiger partial charge in [-0.2, -0.15) is 0 Å². The van der Waals surface area contributed by atoms with Crippen LogP contribution in [0.1, 0.15) is 109 Å². The van der Waals surface area contributed by atoms with Gasteiger partial charge in [0.25, 0.3) is 0 Å². The summed E-state index contributed by atoms with van der Waals surface area (Å²) in [5, 5.41) is 3.07. The molecule has 0 aromatic rings. The van der Waals surface area contributed by atoms with Gasteiger partial charge in [-0.25, -0.2) is 0 Å². The smallest absolute Gasteiger partial charge is 0.219 e. The van der Waals surface area contributed by atoms with Crippen LogP contribution >= 0.6 is 0 Å². The van der Waals surface area contributed by atoms with Crippen molar-refractivity contribution < 1.29 is 4.79 Å². The summed E-state index contributed by atoms with van der Waals surface area (Å²) in [6, 6.07) is 0. The van der Waals surface area contributed by atoms with Crippen LogP contribution in [0.5, 0.6) is 0 Å². The van der Waals surface area contributed by atoms with Crippen molar-refractivity contribution in [1.82, 2.24) is 5.32 Å². The number of hydrogen-bond acceptors (Lipinski definition) is 1. The number of nitrogens with one attached hydrogen (secondary N) is 1. The lowest BCUT2D eigenvalue weighted by Gasteiger charge is -2.07. The Morgan fingerprint density at radius 1 is 0.476 bits per heavy atom. The normalized spacial score (nSPS) is 23.1. The van der Waals surface area contributed by atoms with Gasteiger partial charge >= 0.3 is 0 Å². The summed E-state index contributed by atoms with van der Waals surface area (Å²) in [4.78, 5) is 11.6. The molecule has 0 aromatic carbocycles. The summed E-state index contributed by atoms with van der Waals surface area (Å²) in [5.74, 6) is 0.268. The number of carbonyl (C=O) groups excluding carboxylic acids is 1. The lowest BCUT2D eigenvalue weighted by atomic mass is 10.0. The molecular formula is C19H37NO. The predicted molar refractivity (Wildman–Crippen MR) is 91.5 cm³/mol. The molecule has 1 aliphatic rings. The first-order chi connectivity index (χ1) is 10.4. The SMILES string of the molecule is O=C1CCCCCCCCCCCCCCCCCCN1. The van der Waals surface area contributed by atoms with Gasteiger partial charge in [-0.15, -0.1) is 0 Å². The second-order valence-corrected chi connectivity index (χ2v) is 6.76. The summed E-state index contributed by atoms with van der Waals surface area (Å²) in [6.45, 7) is 0.888. The minimum Gasteiger partial charge on any atom is -0.356 e. The summed E-state index contributed by atoms with van der Waals surface area (Å²) in [6.07, 6.45) is 22.3. The molecule has 0 bridgehead atoms. The maximum atomic E-state index is 11.6. The van der Waals surface area contributed by atoms with Gasteiger partial charge < -0.3 is 5.32 Å². The van der Waals surface area contributed by atoms with Crippen LogP contribution in [-0.2, 0) is 4.79 Å². The first-order valence-corrected chi connectivity index (χ1v) is 9.66. The minimum atomic E-state index is 0.268. The van der Waals surface area contributed by atoms with Gasteiger partial charge in [0.05, 0.1) is 0 Å². The molecule has 1 aliphatic heterocycles. The molecule has 2 heteroatoms. The lowest BCUT2D eigenvalue weighted by Crippen LogP contribution is -2.23. The van der Waals surface area contributed by atoms with E-state index in [9.17, 15) is 4.79 Å². The Balaban J connectivity index is 2.09. The molecule has 1 heterocycles. The van der Waals surface area contributed by atoms with Crippen molar-refractivity contribution in [2.45, 2.75) is 109 Å². The molecule has 1 amide bonds. The molecule has 0 unspecified atom stereocenters. The largest absolute Gasteiger partial charge is 0.356 e. The third-order valence-electron chi connectivity index (χ3n) is 4.65. The van der Waals surface area contributed by atoms with Crippen molar-refractivity contribution in [3.8, 4) is 0 Å². The van der Waals surface area contributed by atoms with Crippen molar-refractivity contribution >= 4 is 5.91 Å². The molecule has 0 radical (unpaired) electrons.